The lowest BCUT2D eigenvalue weighted by molar-refractivity contribution is -0.143. The quantitative estimate of drug-likeness (QED) is 0.805. The third-order valence-electron chi connectivity index (χ3n) is 3.09. The molecule has 1 aromatic heterocycles. The van der Waals surface area contributed by atoms with Crippen LogP contribution in [-0.2, 0) is 16.0 Å². The number of hydrogen-bond acceptors (Lipinski definition) is 3. The number of carbonyl (C=O) groups is 1. The van der Waals surface area contributed by atoms with Crippen molar-refractivity contribution in [3.05, 3.63) is 24.2 Å². The number of aryl methyl sites for hydroxylation is 1. The minimum Gasteiger partial charge on any atom is -0.469 e. The van der Waals surface area contributed by atoms with Crippen molar-refractivity contribution >= 4 is 5.91 Å². The molecule has 1 aliphatic rings. The molecule has 1 fully saturated rings. The SMILES string of the molecule is CC1CN(C(=O)CCc2ccco2)C(C)CO1. The van der Waals surface area contributed by atoms with Gasteiger partial charge < -0.3 is 14.1 Å². The van der Waals surface area contributed by atoms with E-state index in [9.17, 15) is 4.79 Å². The zero-order valence-electron chi connectivity index (χ0n) is 10.4. The lowest BCUT2D eigenvalue weighted by Gasteiger charge is -2.36. The Bertz CT molecular complexity index is 361. The predicted octanol–water partition coefficient (Wildman–Crippen LogP) is 1.85. The molecule has 1 aromatic rings. The molecule has 1 amide bonds. The van der Waals surface area contributed by atoms with Gasteiger partial charge in [-0.3, -0.25) is 4.79 Å². The lowest BCUT2D eigenvalue weighted by Crippen LogP contribution is -2.50. The van der Waals surface area contributed by atoms with Crippen LogP contribution in [0, 0.1) is 0 Å². The molecule has 2 unspecified atom stereocenters. The van der Waals surface area contributed by atoms with Gasteiger partial charge in [0, 0.05) is 19.4 Å². The van der Waals surface area contributed by atoms with E-state index < -0.39 is 0 Å². The molecule has 2 heterocycles. The molecule has 0 N–H and O–H groups in total. The van der Waals surface area contributed by atoms with Crippen molar-refractivity contribution in [3.63, 3.8) is 0 Å². The fraction of sp³-hybridized carbons (Fsp3) is 0.615. The van der Waals surface area contributed by atoms with Crippen LogP contribution in [0.4, 0.5) is 0 Å². The molecule has 0 aliphatic carbocycles. The molecule has 1 saturated heterocycles. The van der Waals surface area contributed by atoms with E-state index in [0.29, 0.717) is 26.0 Å². The lowest BCUT2D eigenvalue weighted by atomic mass is 10.1. The van der Waals surface area contributed by atoms with E-state index >= 15 is 0 Å². The van der Waals surface area contributed by atoms with Gasteiger partial charge in [-0.05, 0) is 26.0 Å². The summed E-state index contributed by atoms with van der Waals surface area (Å²) < 4.78 is 10.7. The molecular weight excluding hydrogens is 218 g/mol. The van der Waals surface area contributed by atoms with Gasteiger partial charge in [-0.15, -0.1) is 0 Å². The second kappa shape index (κ2) is 5.36. The normalized spacial score (nSPS) is 24.9. The first-order chi connectivity index (χ1) is 8.16. The fourth-order valence-electron chi connectivity index (χ4n) is 2.08. The smallest absolute Gasteiger partial charge is 0.223 e. The van der Waals surface area contributed by atoms with Crippen LogP contribution >= 0.6 is 0 Å². The maximum absolute atomic E-state index is 12.1. The molecule has 94 valence electrons. The van der Waals surface area contributed by atoms with Gasteiger partial charge in [0.05, 0.1) is 25.0 Å². The van der Waals surface area contributed by atoms with E-state index in [2.05, 4.69) is 0 Å². The molecular formula is C13H19NO3. The third-order valence-corrected chi connectivity index (χ3v) is 3.09. The van der Waals surface area contributed by atoms with Crippen LogP contribution in [0.3, 0.4) is 0 Å². The van der Waals surface area contributed by atoms with Crippen molar-refractivity contribution in [1.29, 1.82) is 0 Å². The van der Waals surface area contributed by atoms with Crippen LogP contribution < -0.4 is 0 Å². The highest BCUT2D eigenvalue weighted by Gasteiger charge is 2.27. The minimum atomic E-state index is 0.138. The van der Waals surface area contributed by atoms with Crippen LogP contribution in [0.2, 0.25) is 0 Å². The van der Waals surface area contributed by atoms with Gasteiger partial charge in [-0.25, -0.2) is 0 Å². The molecule has 0 spiro atoms. The van der Waals surface area contributed by atoms with Gasteiger partial charge >= 0.3 is 0 Å². The van der Waals surface area contributed by atoms with Gasteiger partial charge in [-0.1, -0.05) is 0 Å². The average molecular weight is 237 g/mol. The van der Waals surface area contributed by atoms with E-state index in [1.807, 2.05) is 30.9 Å². The first kappa shape index (κ1) is 12.2. The molecule has 0 saturated carbocycles. The van der Waals surface area contributed by atoms with Gasteiger partial charge in [0.2, 0.25) is 5.91 Å². The second-order valence-electron chi connectivity index (χ2n) is 4.62. The largest absolute Gasteiger partial charge is 0.469 e. The molecule has 2 atom stereocenters. The van der Waals surface area contributed by atoms with Crippen molar-refractivity contribution in [3.8, 4) is 0 Å². The average Bonchev–Trinajstić information content (AvgIpc) is 2.82. The number of rotatable bonds is 3. The Hall–Kier alpha value is -1.29. The maximum Gasteiger partial charge on any atom is 0.223 e. The Kier molecular flexibility index (Phi) is 3.84. The van der Waals surface area contributed by atoms with Gasteiger partial charge in [0.1, 0.15) is 5.76 Å². The van der Waals surface area contributed by atoms with Crippen molar-refractivity contribution < 1.29 is 13.9 Å². The summed E-state index contributed by atoms with van der Waals surface area (Å²) in [6.45, 7) is 5.35. The number of ether oxygens (including phenoxy) is 1. The Morgan fingerprint density at radius 3 is 3.06 bits per heavy atom. The topological polar surface area (TPSA) is 42.7 Å². The first-order valence-corrected chi connectivity index (χ1v) is 6.10. The second-order valence-corrected chi connectivity index (χ2v) is 4.62. The Morgan fingerprint density at radius 2 is 2.35 bits per heavy atom. The predicted molar refractivity (Wildman–Crippen MR) is 63.6 cm³/mol. The highest BCUT2D eigenvalue weighted by atomic mass is 16.5. The van der Waals surface area contributed by atoms with Gasteiger partial charge in [0.25, 0.3) is 0 Å². The van der Waals surface area contributed by atoms with E-state index in [-0.39, 0.29) is 18.1 Å². The monoisotopic (exact) mass is 237 g/mol. The summed E-state index contributed by atoms with van der Waals surface area (Å²) in [7, 11) is 0. The van der Waals surface area contributed by atoms with Crippen LogP contribution in [0.15, 0.2) is 22.8 Å². The number of morpholine rings is 1. The summed E-state index contributed by atoms with van der Waals surface area (Å²) in [4.78, 5) is 14.0. The summed E-state index contributed by atoms with van der Waals surface area (Å²) in [6.07, 6.45) is 2.95. The molecule has 1 aliphatic heterocycles. The molecule has 0 aromatic carbocycles. The highest BCUT2D eigenvalue weighted by Crippen LogP contribution is 2.14. The number of nitrogens with zero attached hydrogens (tertiary/aromatic N) is 1. The van der Waals surface area contributed by atoms with E-state index in [1.54, 1.807) is 6.26 Å². The zero-order valence-corrected chi connectivity index (χ0v) is 10.4. The van der Waals surface area contributed by atoms with Crippen molar-refractivity contribution in [1.82, 2.24) is 4.90 Å². The van der Waals surface area contributed by atoms with E-state index in [4.69, 9.17) is 9.15 Å². The van der Waals surface area contributed by atoms with E-state index in [1.165, 1.54) is 0 Å². The van der Waals surface area contributed by atoms with Crippen molar-refractivity contribution in [2.24, 2.45) is 0 Å². The first-order valence-electron chi connectivity index (χ1n) is 6.10. The van der Waals surface area contributed by atoms with Crippen LogP contribution in [0.1, 0.15) is 26.0 Å². The Labute approximate surface area is 102 Å². The summed E-state index contributed by atoms with van der Waals surface area (Å²) >= 11 is 0. The van der Waals surface area contributed by atoms with Gasteiger partial charge in [-0.2, -0.15) is 0 Å². The summed E-state index contributed by atoms with van der Waals surface area (Å²) in [5.41, 5.74) is 0. The number of hydrogen-bond donors (Lipinski definition) is 0. The molecule has 2 rings (SSSR count). The van der Waals surface area contributed by atoms with Gasteiger partial charge in [0.15, 0.2) is 0 Å². The van der Waals surface area contributed by atoms with Crippen LogP contribution in [0.25, 0.3) is 0 Å². The number of carbonyl (C=O) groups excluding carboxylic acids is 1. The number of amides is 1. The number of furan rings is 1. The van der Waals surface area contributed by atoms with Crippen molar-refractivity contribution in [2.75, 3.05) is 13.2 Å². The molecule has 0 bridgehead atoms. The van der Waals surface area contributed by atoms with Crippen LogP contribution in [0.5, 0.6) is 0 Å². The summed E-state index contributed by atoms with van der Waals surface area (Å²) in [5.74, 6) is 1.05. The third kappa shape index (κ3) is 3.09. The summed E-state index contributed by atoms with van der Waals surface area (Å²) in [6, 6.07) is 3.92. The van der Waals surface area contributed by atoms with Crippen LogP contribution in [-0.4, -0.2) is 36.1 Å². The molecule has 17 heavy (non-hydrogen) atoms. The Balaban J connectivity index is 1.86. The standard InChI is InChI=1S/C13H19NO3/c1-10-9-17-11(2)8-14(10)13(15)6-5-12-4-3-7-16-12/h3-4,7,10-11H,5-6,8-9H2,1-2H3. The highest BCUT2D eigenvalue weighted by molar-refractivity contribution is 5.76. The molecule has 4 heteroatoms. The minimum absolute atomic E-state index is 0.138. The Morgan fingerprint density at radius 1 is 1.53 bits per heavy atom. The fourth-order valence-corrected chi connectivity index (χ4v) is 2.08. The molecule has 0 radical (unpaired) electrons. The summed E-state index contributed by atoms with van der Waals surface area (Å²) in [5, 5.41) is 0. The van der Waals surface area contributed by atoms with E-state index in [0.717, 1.165) is 5.76 Å². The molecule has 4 nitrogen and oxygen atoms in total. The zero-order chi connectivity index (χ0) is 12.3. The maximum atomic E-state index is 12.1. The van der Waals surface area contributed by atoms with Crippen molar-refractivity contribution in [2.45, 2.75) is 38.8 Å².